The highest BCUT2D eigenvalue weighted by Crippen LogP contribution is 2.16. The topological polar surface area (TPSA) is 29.1 Å². The maximum Gasteiger partial charge on any atom is 0.252 e. The van der Waals surface area contributed by atoms with Gasteiger partial charge in [-0.25, -0.2) is 0 Å². The van der Waals surface area contributed by atoms with Crippen LogP contribution in [0.3, 0.4) is 0 Å². The second kappa shape index (κ2) is 6.85. The van der Waals surface area contributed by atoms with Gasteiger partial charge in [0.2, 0.25) is 0 Å². The number of alkyl halides is 1. The van der Waals surface area contributed by atoms with Crippen LogP contribution in [0, 0.1) is 2.88 Å². The van der Waals surface area contributed by atoms with Crippen LogP contribution in [0.2, 0.25) is 0 Å². The van der Waals surface area contributed by atoms with E-state index in [1.807, 2.05) is 11.4 Å². The molecule has 0 saturated heterocycles. The summed E-state index contributed by atoms with van der Waals surface area (Å²) >= 11 is 7.34. The van der Waals surface area contributed by atoms with Crippen molar-refractivity contribution in [3.63, 3.8) is 0 Å². The van der Waals surface area contributed by atoms with Gasteiger partial charge in [0.05, 0.1) is 8.45 Å². The second-order valence-corrected chi connectivity index (χ2v) is 7.34. The molecule has 2 nitrogen and oxygen atoms in total. The average molecular weight is 402 g/mol. The molecule has 0 fully saturated rings. The van der Waals surface area contributed by atoms with Gasteiger partial charge in [0.15, 0.2) is 0 Å². The number of hydrogen-bond acceptors (Lipinski definition) is 2. The third kappa shape index (κ3) is 4.82. The molecular formula is C10H13BrINOS. The van der Waals surface area contributed by atoms with Gasteiger partial charge in [-0.1, -0.05) is 29.3 Å². The Morgan fingerprint density at radius 2 is 2.47 bits per heavy atom. The lowest BCUT2D eigenvalue weighted by Crippen LogP contribution is -2.29. The van der Waals surface area contributed by atoms with Crippen molar-refractivity contribution >= 4 is 55.8 Å². The number of thiophene rings is 1. The van der Waals surface area contributed by atoms with Crippen LogP contribution in [-0.4, -0.2) is 17.3 Å². The van der Waals surface area contributed by atoms with Crippen molar-refractivity contribution in [2.75, 3.05) is 6.54 Å². The number of nitrogens with one attached hydrogen (secondary N) is 1. The highest BCUT2D eigenvalue weighted by molar-refractivity contribution is 14.1. The van der Waals surface area contributed by atoms with Gasteiger partial charge in [0.1, 0.15) is 0 Å². The predicted molar refractivity (Wildman–Crippen MR) is 77.0 cm³/mol. The lowest BCUT2D eigenvalue weighted by atomic mass is 10.2. The largest absolute Gasteiger partial charge is 0.351 e. The summed E-state index contributed by atoms with van der Waals surface area (Å²) in [4.78, 5) is 12.0. The molecule has 15 heavy (non-hydrogen) atoms. The van der Waals surface area contributed by atoms with Gasteiger partial charge in [0, 0.05) is 16.8 Å². The molecule has 0 aromatic carbocycles. The second-order valence-electron chi connectivity index (χ2n) is 3.24. The molecule has 0 radical (unpaired) electrons. The van der Waals surface area contributed by atoms with E-state index in [1.165, 1.54) is 0 Å². The van der Waals surface area contributed by atoms with Crippen LogP contribution in [0.5, 0.6) is 0 Å². The highest BCUT2D eigenvalue weighted by Gasteiger charge is 2.09. The van der Waals surface area contributed by atoms with E-state index in [9.17, 15) is 4.79 Å². The van der Waals surface area contributed by atoms with Crippen LogP contribution >= 0.6 is 49.9 Å². The Hall–Kier alpha value is 0.380. The summed E-state index contributed by atoms with van der Waals surface area (Å²) in [6, 6.07) is 1.91. The summed E-state index contributed by atoms with van der Waals surface area (Å²) in [5, 5.41) is 4.80. The summed E-state index contributed by atoms with van der Waals surface area (Å²) in [6.45, 7) is 2.83. The molecule has 0 aliphatic carbocycles. The van der Waals surface area contributed by atoms with E-state index in [4.69, 9.17) is 0 Å². The minimum atomic E-state index is 0.0229. The van der Waals surface area contributed by atoms with Crippen LogP contribution in [-0.2, 0) is 0 Å². The fourth-order valence-corrected chi connectivity index (χ4v) is 3.10. The monoisotopic (exact) mass is 401 g/mol. The van der Waals surface area contributed by atoms with E-state index in [-0.39, 0.29) is 5.91 Å². The van der Waals surface area contributed by atoms with Gasteiger partial charge in [-0.05, 0) is 35.1 Å². The Labute approximate surface area is 116 Å². The molecule has 1 aromatic heterocycles. The zero-order valence-corrected chi connectivity index (χ0v) is 13.0. The van der Waals surface area contributed by atoms with Gasteiger partial charge in [-0.2, -0.15) is 0 Å². The van der Waals surface area contributed by atoms with Gasteiger partial charge in [0.25, 0.3) is 5.91 Å². The van der Waals surface area contributed by atoms with Crippen molar-refractivity contribution < 1.29 is 4.79 Å². The molecule has 84 valence electrons. The fourth-order valence-electron chi connectivity index (χ4n) is 1.15. The molecule has 1 aromatic rings. The fraction of sp³-hybridized carbons (Fsp3) is 0.500. The minimum Gasteiger partial charge on any atom is -0.351 e. The van der Waals surface area contributed by atoms with E-state index < -0.39 is 0 Å². The van der Waals surface area contributed by atoms with Gasteiger partial charge < -0.3 is 5.32 Å². The highest BCUT2D eigenvalue weighted by atomic mass is 127. The summed E-state index contributed by atoms with van der Waals surface area (Å²) in [6.07, 6.45) is 2.21. The van der Waals surface area contributed by atoms with E-state index >= 15 is 0 Å². The number of halogens is 2. The van der Waals surface area contributed by atoms with Crippen LogP contribution in [0.25, 0.3) is 0 Å². The summed E-state index contributed by atoms with van der Waals surface area (Å²) in [5.41, 5.74) is 0.764. The molecule has 1 amide bonds. The molecule has 1 rings (SSSR count). The van der Waals surface area contributed by atoms with Gasteiger partial charge in [-0.3, -0.25) is 4.79 Å². The van der Waals surface area contributed by atoms with Gasteiger partial charge in [-0.15, -0.1) is 11.3 Å². The number of amides is 1. The van der Waals surface area contributed by atoms with Crippen LogP contribution in [0.1, 0.15) is 30.1 Å². The van der Waals surface area contributed by atoms with Crippen LogP contribution in [0.15, 0.2) is 11.4 Å². The van der Waals surface area contributed by atoms with E-state index in [0.717, 1.165) is 21.3 Å². The first-order chi connectivity index (χ1) is 7.13. The molecule has 1 N–H and O–H groups in total. The quantitative estimate of drug-likeness (QED) is 0.592. The summed E-state index contributed by atoms with van der Waals surface area (Å²) in [7, 11) is 0. The molecule has 1 unspecified atom stereocenters. The zero-order valence-electron chi connectivity index (χ0n) is 8.43. The van der Waals surface area contributed by atoms with E-state index in [2.05, 4.69) is 50.8 Å². The van der Waals surface area contributed by atoms with Crippen LogP contribution in [0.4, 0.5) is 0 Å². The number of carbonyl (C=O) groups excluding carboxylic acids is 1. The minimum absolute atomic E-state index is 0.0229. The molecule has 1 heterocycles. The Morgan fingerprint density at radius 3 is 3.00 bits per heavy atom. The Morgan fingerprint density at radius 1 is 1.73 bits per heavy atom. The third-order valence-electron chi connectivity index (χ3n) is 1.92. The normalized spacial score (nSPS) is 12.5. The average Bonchev–Trinajstić information content (AvgIpc) is 2.62. The maximum absolute atomic E-state index is 11.6. The first kappa shape index (κ1) is 13.4. The molecular weight excluding hydrogens is 389 g/mol. The molecule has 0 bridgehead atoms. The summed E-state index contributed by atoms with van der Waals surface area (Å²) < 4.78 is 1.14. The molecule has 0 spiro atoms. The number of carbonyl (C=O) groups is 1. The predicted octanol–water partition coefficient (Wildman–Crippen LogP) is 3.65. The van der Waals surface area contributed by atoms with Crippen molar-refractivity contribution in [1.29, 1.82) is 0 Å². The van der Waals surface area contributed by atoms with Gasteiger partial charge >= 0.3 is 0 Å². The molecule has 5 heteroatoms. The van der Waals surface area contributed by atoms with Crippen molar-refractivity contribution in [2.45, 2.75) is 24.6 Å². The van der Waals surface area contributed by atoms with E-state index in [1.54, 1.807) is 11.3 Å². The lowest BCUT2D eigenvalue weighted by molar-refractivity contribution is 0.0954. The van der Waals surface area contributed by atoms with Crippen molar-refractivity contribution in [3.05, 3.63) is 19.9 Å². The number of rotatable bonds is 5. The SMILES string of the molecule is CCCC(Br)CNC(=O)c1csc(I)c1. The van der Waals surface area contributed by atoms with Crippen LogP contribution < -0.4 is 5.32 Å². The standard InChI is InChI=1S/C10H13BrINOS/c1-2-3-8(11)5-13-10(14)7-4-9(12)15-6-7/h4,6,8H,2-3,5H2,1H3,(H,13,14). The Bertz CT molecular complexity index is 329. The molecule has 0 saturated carbocycles. The Balaban J connectivity index is 2.36. The van der Waals surface area contributed by atoms with Crippen molar-refractivity contribution in [1.82, 2.24) is 5.32 Å². The first-order valence-electron chi connectivity index (χ1n) is 4.79. The molecule has 0 aliphatic heterocycles. The smallest absolute Gasteiger partial charge is 0.252 e. The zero-order chi connectivity index (χ0) is 11.3. The summed E-state index contributed by atoms with van der Waals surface area (Å²) in [5.74, 6) is 0.0229. The lowest BCUT2D eigenvalue weighted by Gasteiger charge is -2.08. The Kier molecular flexibility index (Phi) is 6.14. The number of hydrogen-bond donors (Lipinski definition) is 1. The molecule has 0 aliphatic rings. The van der Waals surface area contributed by atoms with Crippen molar-refractivity contribution in [3.8, 4) is 0 Å². The molecule has 1 atom stereocenters. The maximum atomic E-state index is 11.6. The first-order valence-corrected chi connectivity index (χ1v) is 7.67. The third-order valence-corrected chi connectivity index (χ3v) is 4.49. The van der Waals surface area contributed by atoms with E-state index in [0.29, 0.717) is 11.4 Å². The van der Waals surface area contributed by atoms with Crippen molar-refractivity contribution in [2.24, 2.45) is 0 Å².